The third-order valence-electron chi connectivity index (χ3n) is 5.81. The Balaban J connectivity index is 1.72. The van der Waals surface area contributed by atoms with E-state index in [1.54, 1.807) is 6.07 Å². The molecule has 0 aromatic heterocycles. The van der Waals surface area contributed by atoms with Gasteiger partial charge in [-0.15, -0.1) is 0 Å². The molecular formula is C24H24Cl2N2O2. The Bertz CT molecular complexity index is 1000. The number of halogens is 2. The predicted octanol–water partition coefficient (Wildman–Crippen LogP) is 5.65. The van der Waals surface area contributed by atoms with Crippen LogP contribution >= 0.6 is 23.2 Å². The lowest BCUT2D eigenvalue weighted by Gasteiger charge is -2.21. The molecule has 1 aliphatic heterocycles. The van der Waals surface area contributed by atoms with Crippen molar-refractivity contribution in [2.75, 3.05) is 5.32 Å². The Morgan fingerprint density at radius 1 is 0.900 bits per heavy atom. The highest BCUT2D eigenvalue weighted by Crippen LogP contribution is 2.32. The van der Waals surface area contributed by atoms with Gasteiger partial charge in [0.2, 0.25) is 11.8 Å². The van der Waals surface area contributed by atoms with Gasteiger partial charge in [0.15, 0.2) is 0 Å². The predicted molar refractivity (Wildman–Crippen MR) is 121 cm³/mol. The van der Waals surface area contributed by atoms with Gasteiger partial charge in [-0.3, -0.25) is 9.59 Å². The van der Waals surface area contributed by atoms with Crippen LogP contribution < -0.4 is 10.6 Å². The second-order valence-electron chi connectivity index (χ2n) is 8.01. The van der Waals surface area contributed by atoms with Crippen molar-refractivity contribution < 1.29 is 9.59 Å². The molecule has 1 heterocycles. The fourth-order valence-corrected chi connectivity index (χ4v) is 4.70. The number of carbonyl (C=O) groups is 2. The van der Waals surface area contributed by atoms with E-state index in [2.05, 4.69) is 16.7 Å². The van der Waals surface area contributed by atoms with Crippen molar-refractivity contribution in [2.24, 2.45) is 0 Å². The van der Waals surface area contributed by atoms with Gasteiger partial charge in [0.1, 0.15) is 0 Å². The molecule has 30 heavy (non-hydrogen) atoms. The lowest BCUT2D eigenvalue weighted by Crippen LogP contribution is -2.39. The van der Waals surface area contributed by atoms with Crippen molar-refractivity contribution in [1.29, 1.82) is 0 Å². The third-order valence-corrected chi connectivity index (χ3v) is 6.28. The van der Waals surface area contributed by atoms with Gasteiger partial charge in [0, 0.05) is 22.2 Å². The summed E-state index contributed by atoms with van der Waals surface area (Å²) in [7, 11) is 0. The number of anilines is 1. The lowest BCUT2D eigenvalue weighted by atomic mass is 9.88. The minimum Gasteiger partial charge on any atom is -0.349 e. The Morgan fingerprint density at radius 3 is 2.50 bits per heavy atom. The zero-order chi connectivity index (χ0) is 21.1. The van der Waals surface area contributed by atoms with Gasteiger partial charge in [0.25, 0.3) is 0 Å². The molecule has 0 saturated heterocycles. The molecule has 0 radical (unpaired) electrons. The highest BCUT2D eigenvalue weighted by atomic mass is 35.5. The average molecular weight is 443 g/mol. The first-order valence-corrected chi connectivity index (χ1v) is 11.1. The highest BCUT2D eigenvalue weighted by molar-refractivity contribution is 6.31. The quantitative estimate of drug-likeness (QED) is 0.590. The SMILES string of the molecule is O=C1C[C@@H](C2=CCCC2)NC(=O)C[C@@H](c2cccc(Cl)c2)Cc2ccc(Cl)cc2N1. The minimum atomic E-state index is -0.277. The monoisotopic (exact) mass is 442 g/mol. The zero-order valence-electron chi connectivity index (χ0n) is 16.6. The van der Waals surface area contributed by atoms with E-state index in [1.807, 2.05) is 36.4 Å². The maximum atomic E-state index is 13.0. The van der Waals surface area contributed by atoms with Crippen molar-refractivity contribution in [3.63, 3.8) is 0 Å². The van der Waals surface area contributed by atoms with Crippen LogP contribution in [0.3, 0.4) is 0 Å². The van der Waals surface area contributed by atoms with E-state index < -0.39 is 0 Å². The molecule has 4 rings (SSSR count). The minimum absolute atomic E-state index is 0.0528. The van der Waals surface area contributed by atoms with Crippen LogP contribution in [-0.4, -0.2) is 17.9 Å². The Kier molecular flexibility index (Phi) is 6.45. The molecule has 2 aromatic rings. The summed E-state index contributed by atoms with van der Waals surface area (Å²) < 4.78 is 0. The average Bonchev–Trinajstić information content (AvgIpc) is 3.22. The molecule has 2 aromatic carbocycles. The number of allylic oxidation sites excluding steroid dienone is 1. The highest BCUT2D eigenvalue weighted by Gasteiger charge is 2.26. The molecule has 0 bridgehead atoms. The largest absolute Gasteiger partial charge is 0.349 e. The van der Waals surface area contributed by atoms with Crippen LogP contribution in [0, 0.1) is 0 Å². The maximum absolute atomic E-state index is 13.0. The van der Waals surface area contributed by atoms with Crippen LogP contribution in [0.4, 0.5) is 5.69 Å². The van der Waals surface area contributed by atoms with E-state index >= 15 is 0 Å². The van der Waals surface area contributed by atoms with Gasteiger partial charge >= 0.3 is 0 Å². The van der Waals surface area contributed by atoms with E-state index in [1.165, 1.54) is 0 Å². The first-order chi connectivity index (χ1) is 14.5. The third kappa shape index (κ3) is 5.05. The van der Waals surface area contributed by atoms with Crippen molar-refractivity contribution in [3.05, 3.63) is 75.3 Å². The van der Waals surface area contributed by atoms with E-state index in [9.17, 15) is 9.59 Å². The molecule has 2 N–H and O–H groups in total. The van der Waals surface area contributed by atoms with E-state index in [-0.39, 0.29) is 30.2 Å². The molecule has 0 unspecified atom stereocenters. The number of benzene rings is 2. The molecular weight excluding hydrogens is 419 g/mol. The molecule has 156 valence electrons. The molecule has 1 aliphatic carbocycles. The first kappa shape index (κ1) is 21.0. The number of amides is 2. The topological polar surface area (TPSA) is 58.2 Å². The lowest BCUT2D eigenvalue weighted by molar-refractivity contribution is -0.122. The normalized spacial score (nSPS) is 22.4. The van der Waals surface area contributed by atoms with Crippen LogP contribution in [0.15, 0.2) is 54.1 Å². The Labute approximate surface area is 186 Å². The van der Waals surface area contributed by atoms with Gasteiger partial charge in [-0.25, -0.2) is 0 Å². The maximum Gasteiger partial charge on any atom is 0.226 e. The van der Waals surface area contributed by atoms with Crippen molar-refractivity contribution >= 4 is 40.7 Å². The van der Waals surface area contributed by atoms with E-state index in [0.717, 1.165) is 36.0 Å². The summed E-state index contributed by atoms with van der Waals surface area (Å²) in [6.07, 6.45) is 6.24. The zero-order valence-corrected chi connectivity index (χ0v) is 18.1. The molecule has 0 spiro atoms. The standard InChI is InChI=1S/C24H24Cl2N2O2/c25-19-7-3-6-16(11-19)18-10-17-8-9-20(26)13-21(17)27-24(30)14-22(28-23(29)12-18)15-4-1-2-5-15/h3-4,6-9,11,13,18,22H,1-2,5,10,12,14H2,(H,27,30)(H,28,29)/t18-,22-/m0/s1. The van der Waals surface area contributed by atoms with Crippen molar-refractivity contribution in [3.8, 4) is 0 Å². The van der Waals surface area contributed by atoms with Crippen molar-refractivity contribution in [2.45, 2.75) is 50.5 Å². The van der Waals surface area contributed by atoms with Crippen LogP contribution in [-0.2, 0) is 16.0 Å². The first-order valence-electron chi connectivity index (χ1n) is 10.3. The van der Waals surface area contributed by atoms with Gasteiger partial charge in [-0.05, 0) is 67.0 Å². The summed E-state index contributed by atoms with van der Waals surface area (Å²) in [5, 5.41) is 7.34. The van der Waals surface area contributed by atoms with Gasteiger partial charge < -0.3 is 10.6 Å². The number of carbonyl (C=O) groups excluding carboxylic acids is 2. The smallest absolute Gasteiger partial charge is 0.226 e. The molecule has 2 amide bonds. The summed E-state index contributed by atoms with van der Waals surface area (Å²) in [5.41, 5.74) is 3.79. The summed E-state index contributed by atoms with van der Waals surface area (Å²) in [6.45, 7) is 0. The summed E-state index contributed by atoms with van der Waals surface area (Å²) >= 11 is 12.4. The van der Waals surface area contributed by atoms with Crippen molar-refractivity contribution in [1.82, 2.24) is 5.32 Å². The second kappa shape index (κ2) is 9.23. The number of fused-ring (bicyclic) bond motifs is 1. The van der Waals surface area contributed by atoms with E-state index in [4.69, 9.17) is 23.2 Å². The van der Waals surface area contributed by atoms with Gasteiger partial charge in [0.05, 0.1) is 12.5 Å². The summed E-state index contributed by atoms with van der Waals surface area (Å²) in [6, 6.07) is 12.9. The number of hydrogen-bond acceptors (Lipinski definition) is 2. The van der Waals surface area contributed by atoms with Gasteiger partial charge in [-0.1, -0.05) is 53.1 Å². The van der Waals surface area contributed by atoms with Crippen LogP contribution in [0.5, 0.6) is 0 Å². The molecule has 2 atom stereocenters. The fourth-order valence-electron chi connectivity index (χ4n) is 4.33. The van der Waals surface area contributed by atoms with E-state index in [0.29, 0.717) is 28.6 Å². The fraction of sp³-hybridized carbons (Fsp3) is 0.333. The molecule has 6 heteroatoms. The van der Waals surface area contributed by atoms with Gasteiger partial charge in [-0.2, -0.15) is 0 Å². The second-order valence-corrected chi connectivity index (χ2v) is 8.88. The molecule has 0 saturated carbocycles. The summed E-state index contributed by atoms with van der Waals surface area (Å²) in [5.74, 6) is -0.252. The van der Waals surface area contributed by atoms with Crippen LogP contribution in [0.1, 0.15) is 49.1 Å². The molecule has 2 aliphatic rings. The van der Waals surface area contributed by atoms with Crippen LogP contribution in [0.25, 0.3) is 0 Å². The number of rotatable bonds is 2. The molecule has 0 fully saturated rings. The summed E-state index contributed by atoms with van der Waals surface area (Å²) in [4.78, 5) is 25.8. The Hall–Kier alpha value is -2.30. The molecule has 4 nitrogen and oxygen atoms in total. The number of hydrogen-bond donors (Lipinski definition) is 2. The number of nitrogens with one attached hydrogen (secondary N) is 2. The van der Waals surface area contributed by atoms with Crippen LogP contribution in [0.2, 0.25) is 10.0 Å². The Morgan fingerprint density at radius 2 is 1.73 bits per heavy atom.